The Balaban J connectivity index is 0.00000245. The summed E-state index contributed by atoms with van der Waals surface area (Å²) >= 11 is 0.194. The predicted octanol–water partition coefficient (Wildman–Crippen LogP) is 4.72. The molecule has 0 fully saturated rings. The van der Waals surface area contributed by atoms with E-state index in [4.69, 9.17) is 29.7 Å². The zero-order chi connectivity index (χ0) is 22.9. The van der Waals surface area contributed by atoms with Crippen molar-refractivity contribution in [2.24, 2.45) is 16.6 Å². The topological polar surface area (TPSA) is 42.6 Å². The Morgan fingerprint density at radius 2 is 1.00 bits per heavy atom. The molecule has 0 N–H and O–H groups in total. The maximum atomic E-state index is 4.96. The molecule has 0 unspecified atom stereocenters. The van der Waals surface area contributed by atoms with Crippen molar-refractivity contribution in [2.45, 2.75) is 13.8 Å². The molecule has 12 heteroatoms. The molecule has 0 aliphatic carbocycles. The van der Waals surface area contributed by atoms with Gasteiger partial charge in [0.15, 0.2) is 16.7 Å². The van der Waals surface area contributed by atoms with E-state index in [0.717, 1.165) is 22.8 Å². The molecule has 0 saturated heterocycles. The third-order valence-electron chi connectivity index (χ3n) is 3.77. The Hall–Kier alpha value is 0.419. The van der Waals surface area contributed by atoms with Crippen LogP contribution in [0.3, 0.4) is 0 Å². The van der Waals surface area contributed by atoms with Crippen LogP contribution < -0.4 is 0 Å². The minimum absolute atomic E-state index is 0.194. The van der Waals surface area contributed by atoms with Crippen LogP contribution in [-0.4, -0.2) is 91.1 Å². The first-order valence-electron chi connectivity index (χ1n) is 8.80. The fraction of sp³-hybridized carbons (Fsp3) is 0.647. The summed E-state index contributed by atoms with van der Waals surface area (Å²) in [6.07, 6.45) is 0. The number of halogens is 2. The van der Waals surface area contributed by atoms with E-state index < -0.39 is 16.7 Å². The number of aromatic nitrogens is 1. The first-order chi connectivity index (χ1) is 13.4. The summed E-state index contributed by atoms with van der Waals surface area (Å²) < 4.78 is 20.8. The van der Waals surface area contributed by atoms with Crippen molar-refractivity contribution < 1.29 is 13.1 Å². The summed E-state index contributed by atoms with van der Waals surface area (Å²) in [5.41, 5.74) is 4.35. The molecule has 0 spiro atoms. The summed E-state index contributed by atoms with van der Waals surface area (Å²) in [5, 5.41) is 0. The fourth-order valence-corrected chi connectivity index (χ4v) is 5.57. The molecule has 0 aliphatic heterocycles. The van der Waals surface area contributed by atoms with Gasteiger partial charge in [-0.2, -0.15) is 0 Å². The Bertz CT molecular complexity index is 609. The quantitative estimate of drug-likeness (QED) is 0.280. The molecule has 7 nitrogen and oxygen atoms in total. The second-order valence-electron chi connectivity index (χ2n) is 7.01. The average Bonchev–Trinajstić information content (AvgIpc) is 2.98. The molecule has 0 saturated carbocycles. The van der Waals surface area contributed by atoms with Crippen molar-refractivity contribution in [1.29, 1.82) is 0 Å². The molecule has 0 amide bonds. The van der Waals surface area contributed by atoms with Gasteiger partial charge in [0.05, 0.1) is 22.8 Å². The summed E-state index contributed by atoms with van der Waals surface area (Å²) in [6, 6.07) is 4.28. The minimum atomic E-state index is -0.690. The van der Waals surface area contributed by atoms with E-state index in [2.05, 4.69) is 113 Å². The molecule has 0 bridgehead atoms. The zero-order valence-electron chi connectivity index (χ0n) is 19.3. The maximum absolute atomic E-state index is 4.96. The Labute approximate surface area is 194 Å². The van der Waals surface area contributed by atoms with Gasteiger partial charge in [0.25, 0.3) is 0 Å². The van der Waals surface area contributed by atoms with Crippen molar-refractivity contribution in [3.05, 3.63) is 23.5 Å². The Kier molecular flexibility index (Phi) is 14.7. The van der Waals surface area contributed by atoms with Crippen LogP contribution in [0.2, 0.25) is 0 Å². The predicted molar refractivity (Wildman–Crippen MR) is 130 cm³/mol. The molecule has 0 aliphatic rings. The van der Waals surface area contributed by atoms with Crippen LogP contribution in [0.4, 0.5) is 0 Å². The molecule has 1 heterocycles. The number of hydrogen-bond acceptors (Lipinski definition) is 6. The van der Waals surface area contributed by atoms with Crippen LogP contribution in [0.25, 0.3) is 0 Å². The van der Waals surface area contributed by atoms with Crippen molar-refractivity contribution in [2.75, 3.05) is 56.4 Å². The van der Waals surface area contributed by atoms with Crippen LogP contribution in [-0.2, 0) is 20.2 Å². The number of nitrogens with zero attached hydrogens (tertiary/aromatic N) is 7. The van der Waals surface area contributed by atoms with E-state index in [1.165, 1.54) is 0 Å². The van der Waals surface area contributed by atoms with Crippen LogP contribution in [0.1, 0.15) is 25.2 Å². The molecule has 0 atom stereocenters. The van der Waals surface area contributed by atoms with Crippen LogP contribution >= 0.6 is 36.9 Å². The Morgan fingerprint density at radius 1 is 0.759 bits per heavy atom. The van der Waals surface area contributed by atoms with Gasteiger partial charge in [-0.25, -0.2) is 9.53 Å². The summed E-state index contributed by atoms with van der Waals surface area (Å²) in [5.74, 6) is 0. The van der Waals surface area contributed by atoms with Crippen LogP contribution in [0.5, 0.6) is 0 Å². The van der Waals surface area contributed by atoms with Gasteiger partial charge < -0.3 is 4.57 Å². The molecule has 29 heavy (non-hydrogen) atoms. The van der Waals surface area contributed by atoms with Crippen molar-refractivity contribution in [1.82, 2.24) is 23.2 Å². The van der Waals surface area contributed by atoms with Gasteiger partial charge in [-0.3, -0.25) is 18.7 Å². The van der Waals surface area contributed by atoms with Gasteiger partial charge in [-0.1, -0.05) is 0 Å². The standard InChI is InChI=1S/C17H35N7P2.2ClH.Fe/c1-14(18-25(20(3)4)21(5)6)16-12-13-17(24(16)11)15(2)19-26(22(7)8)23(9)10;;;/h12-13H,1-11H3;2*1H;/q;;;+2/p-2/b18-14+,19-15+;;;. The fourth-order valence-electron chi connectivity index (χ4n) is 2.68. The normalized spacial score (nSPS) is 13.5. The molecule has 1 aromatic rings. The van der Waals surface area contributed by atoms with E-state index in [1.54, 1.807) is 0 Å². The van der Waals surface area contributed by atoms with E-state index in [9.17, 15) is 0 Å². The Morgan fingerprint density at radius 3 is 1.21 bits per heavy atom. The number of hydrogen-bond donors (Lipinski definition) is 0. The first kappa shape index (κ1) is 29.4. The van der Waals surface area contributed by atoms with Crippen LogP contribution in [0.15, 0.2) is 21.7 Å². The molecular weight excluding hydrogens is 491 g/mol. The van der Waals surface area contributed by atoms with Gasteiger partial charge in [-0.05, 0) is 82.4 Å². The SMILES string of the molecule is C/C(=N\P(N(C)C)N(C)C)c1ccc(/C(C)=N/P(N(C)C)N(C)C)n1C.[Cl][Fe][Cl]. The van der Waals surface area contributed by atoms with E-state index in [-0.39, 0.29) is 13.1 Å². The number of rotatable bonds is 8. The monoisotopic (exact) mass is 525 g/mol. The third-order valence-corrected chi connectivity index (χ3v) is 7.59. The van der Waals surface area contributed by atoms with Crippen molar-refractivity contribution in [3.63, 3.8) is 0 Å². The summed E-state index contributed by atoms with van der Waals surface area (Å²) in [4.78, 5) is 0. The van der Waals surface area contributed by atoms with Gasteiger partial charge >= 0.3 is 33.3 Å². The average molecular weight is 526 g/mol. The van der Waals surface area contributed by atoms with Gasteiger partial charge in [0.2, 0.25) is 0 Å². The molecule has 1 aromatic heterocycles. The van der Waals surface area contributed by atoms with E-state index in [1.807, 2.05) is 0 Å². The van der Waals surface area contributed by atoms with Crippen molar-refractivity contribution >= 4 is 48.4 Å². The van der Waals surface area contributed by atoms with E-state index >= 15 is 0 Å². The van der Waals surface area contributed by atoms with Crippen molar-refractivity contribution in [3.8, 4) is 0 Å². The molecule has 0 aromatic carbocycles. The van der Waals surface area contributed by atoms with Gasteiger partial charge in [0, 0.05) is 7.05 Å². The van der Waals surface area contributed by atoms with E-state index in [0.29, 0.717) is 0 Å². The summed E-state index contributed by atoms with van der Waals surface area (Å²) in [6.45, 7) is 4.17. The second-order valence-corrected chi connectivity index (χ2v) is 13.5. The molecule has 0 radical (unpaired) electrons. The molecular formula is C17H35Cl2FeN7P2. The molecule has 170 valence electrons. The van der Waals surface area contributed by atoms with Gasteiger partial charge in [-0.15, -0.1) is 0 Å². The first-order valence-corrected chi connectivity index (χ1v) is 14.2. The molecule has 1 rings (SSSR count). The third kappa shape index (κ3) is 9.62. The zero-order valence-corrected chi connectivity index (χ0v) is 23.7. The second kappa shape index (κ2) is 14.5. The summed E-state index contributed by atoms with van der Waals surface area (Å²) in [7, 11) is 26.8. The van der Waals surface area contributed by atoms with Gasteiger partial charge in [0.1, 0.15) is 0 Å². The van der Waals surface area contributed by atoms with Crippen LogP contribution in [0, 0.1) is 0 Å².